The average molecular weight is 553 g/mol. The van der Waals surface area contributed by atoms with Gasteiger partial charge in [0.25, 0.3) is 0 Å². The monoisotopic (exact) mass is 552 g/mol. The van der Waals surface area contributed by atoms with Gasteiger partial charge in [-0.3, -0.25) is 14.4 Å². The summed E-state index contributed by atoms with van der Waals surface area (Å²) < 4.78 is 5.38. The van der Waals surface area contributed by atoms with Crippen molar-refractivity contribution in [3.8, 4) is 0 Å². The van der Waals surface area contributed by atoms with Crippen LogP contribution in [0.15, 0.2) is 54.6 Å². The van der Waals surface area contributed by atoms with Crippen molar-refractivity contribution >= 4 is 23.8 Å². The highest BCUT2D eigenvalue weighted by Gasteiger charge is 2.36. The molecule has 0 spiro atoms. The molecule has 0 radical (unpaired) electrons. The van der Waals surface area contributed by atoms with E-state index in [1.165, 1.54) is 4.90 Å². The molecule has 4 N–H and O–H groups in total. The maximum atomic E-state index is 14.2. The summed E-state index contributed by atoms with van der Waals surface area (Å²) in [7, 11) is 0. The summed E-state index contributed by atoms with van der Waals surface area (Å²) in [5.41, 5.74) is 7.12. The Hall–Kier alpha value is -3.88. The Morgan fingerprint density at radius 2 is 1.70 bits per heavy atom. The van der Waals surface area contributed by atoms with E-state index >= 15 is 0 Å². The van der Waals surface area contributed by atoms with E-state index in [2.05, 4.69) is 17.6 Å². The first kappa shape index (κ1) is 32.3. The lowest BCUT2D eigenvalue weighted by molar-refractivity contribution is -0.143. The van der Waals surface area contributed by atoms with Crippen molar-refractivity contribution < 1.29 is 23.9 Å². The van der Waals surface area contributed by atoms with Gasteiger partial charge in [0.15, 0.2) is 0 Å². The van der Waals surface area contributed by atoms with Gasteiger partial charge in [0.1, 0.15) is 17.7 Å². The van der Waals surface area contributed by atoms with Crippen LogP contribution < -0.4 is 16.4 Å². The summed E-state index contributed by atoms with van der Waals surface area (Å²) in [4.78, 5) is 53.8. The van der Waals surface area contributed by atoms with Crippen molar-refractivity contribution in [3.63, 3.8) is 0 Å². The molecule has 0 fully saturated rings. The minimum absolute atomic E-state index is 0.0239. The zero-order valence-corrected chi connectivity index (χ0v) is 24.4. The number of primary amides is 1. The Bertz CT molecular complexity index is 1130. The second-order valence-electron chi connectivity index (χ2n) is 11.0. The van der Waals surface area contributed by atoms with Gasteiger partial charge in [-0.1, -0.05) is 79.9 Å². The zero-order valence-electron chi connectivity index (χ0n) is 24.4. The Labute approximate surface area is 237 Å². The molecule has 0 aliphatic carbocycles. The number of carbonyl (C=O) groups excluding carboxylic acids is 4. The molecular formula is C31H44N4O5. The lowest BCUT2D eigenvalue weighted by Crippen LogP contribution is -2.53. The molecular weight excluding hydrogens is 508 g/mol. The molecule has 0 aromatic heterocycles. The predicted octanol–water partition coefficient (Wildman–Crippen LogP) is 4.53. The van der Waals surface area contributed by atoms with Gasteiger partial charge in [-0.25, -0.2) is 4.79 Å². The minimum atomic E-state index is -1.11. The number of rotatable bonds is 14. The lowest BCUT2D eigenvalue weighted by Gasteiger charge is -2.34. The van der Waals surface area contributed by atoms with E-state index in [1.807, 2.05) is 61.5 Å². The standard InChI is InChI=1S/C31H44N4O5/c1-6-7-11-19-35(29(38)25(17-18-26(32)36)34-30(39)40-31(3,4)5)27(24-16-12-13-22(2)20-24)28(37)33-21-23-14-9-8-10-15-23/h8-10,12-16,20,25,27H,6-7,11,17-19,21H2,1-5H3,(H2,32,36)(H,33,37)(H,34,39). The molecule has 9 nitrogen and oxygen atoms in total. The fourth-order valence-electron chi connectivity index (χ4n) is 4.29. The number of benzene rings is 2. The highest BCUT2D eigenvalue weighted by atomic mass is 16.6. The maximum Gasteiger partial charge on any atom is 0.408 e. The number of unbranched alkanes of at least 4 members (excludes halogenated alkanes) is 2. The molecule has 0 heterocycles. The van der Waals surface area contributed by atoms with Crippen molar-refractivity contribution in [3.05, 3.63) is 71.3 Å². The first-order valence-corrected chi connectivity index (χ1v) is 13.9. The second-order valence-corrected chi connectivity index (χ2v) is 11.0. The summed E-state index contributed by atoms with van der Waals surface area (Å²) in [6.07, 6.45) is 1.49. The molecule has 2 rings (SSSR count). The molecule has 2 unspecified atom stereocenters. The molecule has 2 aromatic carbocycles. The summed E-state index contributed by atoms with van der Waals surface area (Å²) in [6.45, 7) is 9.70. The van der Waals surface area contributed by atoms with E-state index in [0.717, 1.165) is 24.0 Å². The van der Waals surface area contributed by atoms with Crippen LogP contribution in [0.2, 0.25) is 0 Å². The average Bonchev–Trinajstić information content (AvgIpc) is 2.88. The predicted molar refractivity (Wildman–Crippen MR) is 155 cm³/mol. The number of ether oxygens (including phenoxy) is 1. The molecule has 0 bridgehead atoms. The van der Waals surface area contributed by atoms with Crippen LogP contribution in [0.5, 0.6) is 0 Å². The van der Waals surface area contributed by atoms with Crippen LogP contribution in [-0.4, -0.2) is 46.9 Å². The van der Waals surface area contributed by atoms with Crippen molar-refractivity contribution in [2.75, 3.05) is 6.54 Å². The van der Waals surface area contributed by atoms with Crippen molar-refractivity contribution in [1.82, 2.24) is 15.5 Å². The van der Waals surface area contributed by atoms with Gasteiger partial charge >= 0.3 is 6.09 Å². The second kappa shape index (κ2) is 15.6. The van der Waals surface area contributed by atoms with Crippen LogP contribution in [0, 0.1) is 6.92 Å². The third kappa shape index (κ3) is 11.1. The van der Waals surface area contributed by atoms with Crippen LogP contribution >= 0.6 is 0 Å². The molecule has 218 valence electrons. The van der Waals surface area contributed by atoms with Crippen LogP contribution in [0.1, 0.15) is 82.5 Å². The number of hydrogen-bond acceptors (Lipinski definition) is 5. The number of nitrogens with zero attached hydrogens (tertiary/aromatic N) is 1. The summed E-state index contributed by atoms with van der Waals surface area (Å²) in [5.74, 6) is -1.42. The van der Waals surface area contributed by atoms with Crippen LogP contribution in [0.25, 0.3) is 0 Å². The largest absolute Gasteiger partial charge is 0.444 e. The van der Waals surface area contributed by atoms with Crippen molar-refractivity contribution in [2.24, 2.45) is 5.73 Å². The van der Waals surface area contributed by atoms with E-state index in [4.69, 9.17) is 10.5 Å². The van der Waals surface area contributed by atoms with Crippen LogP contribution in [-0.2, 0) is 25.7 Å². The minimum Gasteiger partial charge on any atom is -0.444 e. The Kier molecular flexibility index (Phi) is 12.6. The smallest absolute Gasteiger partial charge is 0.408 e. The number of carbonyl (C=O) groups is 4. The van der Waals surface area contributed by atoms with Gasteiger partial charge < -0.3 is 26.0 Å². The van der Waals surface area contributed by atoms with Crippen molar-refractivity contribution in [2.45, 2.75) is 91.0 Å². The van der Waals surface area contributed by atoms with E-state index in [9.17, 15) is 19.2 Å². The number of nitrogens with one attached hydrogen (secondary N) is 2. The highest BCUT2D eigenvalue weighted by molar-refractivity contribution is 5.92. The van der Waals surface area contributed by atoms with Gasteiger partial charge in [-0.2, -0.15) is 0 Å². The molecule has 0 aliphatic rings. The molecule has 2 atom stereocenters. The number of nitrogens with two attached hydrogens (primary N) is 1. The fourth-order valence-corrected chi connectivity index (χ4v) is 4.29. The topological polar surface area (TPSA) is 131 Å². The number of alkyl carbamates (subject to hydrolysis) is 1. The molecule has 40 heavy (non-hydrogen) atoms. The number of aryl methyl sites for hydroxylation is 1. The van der Waals surface area contributed by atoms with Gasteiger partial charge in [-0.05, 0) is 51.7 Å². The Morgan fingerprint density at radius 1 is 1.00 bits per heavy atom. The van der Waals surface area contributed by atoms with E-state index in [-0.39, 0.29) is 25.3 Å². The van der Waals surface area contributed by atoms with E-state index in [0.29, 0.717) is 18.5 Å². The molecule has 0 aliphatic heterocycles. The van der Waals surface area contributed by atoms with Gasteiger partial charge in [0.2, 0.25) is 17.7 Å². The Balaban J connectivity index is 2.47. The van der Waals surface area contributed by atoms with Gasteiger partial charge in [0.05, 0.1) is 0 Å². The lowest BCUT2D eigenvalue weighted by atomic mass is 9.99. The zero-order chi connectivity index (χ0) is 29.7. The Morgan fingerprint density at radius 3 is 2.30 bits per heavy atom. The first-order valence-electron chi connectivity index (χ1n) is 13.9. The normalized spacial score (nSPS) is 12.6. The quantitative estimate of drug-likeness (QED) is 0.296. The first-order chi connectivity index (χ1) is 18.9. The summed E-state index contributed by atoms with van der Waals surface area (Å²) in [6, 6.07) is 14.9. The van der Waals surface area contributed by atoms with E-state index < -0.39 is 35.6 Å². The number of amides is 4. The summed E-state index contributed by atoms with van der Waals surface area (Å²) in [5, 5.41) is 5.61. The fraction of sp³-hybridized carbons (Fsp3) is 0.484. The van der Waals surface area contributed by atoms with Crippen molar-refractivity contribution in [1.29, 1.82) is 0 Å². The van der Waals surface area contributed by atoms with E-state index in [1.54, 1.807) is 20.8 Å². The maximum absolute atomic E-state index is 14.2. The highest BCUT2D eigenvalue weighted by Crippen LogP contribution is 2.25. The molecule has 4 amide bonds. The van der Waals surface area contributed by atoms with Gasteiger partial charge in [0, 0.05) is 19.5 Å². The molecule has 0 saturated heterocycles. The SMILES string of the molecule is CCCCCN(C(=O)C(CCC(N)=O)NC(=O)OC(C)(C)C)C(C(=O)NCc1ccccc1)c1cccc(C)c1. The van der Waals surface area contributed by atoms with Crippen LogP contribution in [0.3, 0.4) is 0 Å². The number of hydrogen-bond donors (Lipinski definition) is 3. The summed E-state index contributed by atoms with van der Waals surface area (Å²) >= 11 is 0. The molecule has 2 aromatic rings. The van der Waals surface area contributed by atoms with Gasteiger partial charge in [-0.15, -0.1) is 0 Å². The third-order valence-electron chi connectivity index (χ3n) is 6.18. The molecule has 9 heteroatoms. The third-order valence-corrected chi connectivity index (χ3v) is 6.18. The van der Waals surface area contributed by atoms with Crippen LogP contribution in [0.4, 0.5) is 4.79 Å². The molecule has 0 saturated carbocycles.